The number of benzene rings is 1. The summed E-state index contributed by atoms with van der Waals surface area (Å²) in [4.78, 5) is 32.0. The molecule has 0 radical (unpaired) electrons. The maximum absolute atomic E-state index is 12.4. The summed E-state index contributed by atoms with van der Waals surface area (Å²) in [5.74, 6) is 1.29. The number of hydrogen-bond donors (Lipinski definition) is 0. The summed E-state index contributed by atoms with van der Waals surface area (Å²) in [5, 5.41) is 0. The van der Waals surface area contributed by atoms with Crippen molar-refractivity contribution in [1.82, 2.24) is 14.7 Å². The van der Waals surface area contributed by atoms with Crippen molar-refractivity contribution < 1.29 is 9.59 Å². The van der Waals surface area contributed by atoms with Gasteiger partial charge in [-0.15, -0.1) is 11.8 Å². The maximum Gasteiger partial charge on any atom is 0.236 e. The zero-order valence-corrected chi connectivity index (χ0v) is 16.5. The van der Waals surface area contributed by atoms with E-state index in [4.69, 9.17) is 0 Å². The lowest BCUT2D eigenvalue weighted by Crippen LogP contribution is -2.51. The van der Waals surface area contributed by atoms with Crippen molar-refractivity contribution in [3.8, 4) is 0 Å². The number of hydrogen-bond acceptors (Lipinski definition) is 4. The summed E-state index contributed by atoms with van der Waals surface area (Å²) in [6.07, 6.45) is 2.84. The van der Waals surface area contributed by atoms with Gasteiger partial charge >= 0.3 is 0 Å². The zero-order valence-electron chi connectivity index (χ0n) is 15.7. The zero-order chi connectivity index (χ0) is 18.4. The second kappa shape index (κ2) is 9.42. The molecule has 0 atom stereocenters. The first-order valence-electron chi connectivity index (χ1n) is 9.59. The van der Waals surface area contributed by atoms with Crippen LogP contribution in [0.15, 0.2) is 29.2 Å². The summed E-state index contributed by atoms with van der Waals surface area (Å²) in [7, 11) is 0. The van der Waals surface area contributed by atoms with Gasteiger partial charge in [0.05, 0.1) is 6.54 Å². The van der Waals surface area contributed by atoms with Gasteiger partial charge in [0.15, 0.2) is 0 Å². The van der Waals surface area contributed by atoms with Crippen LogP contribution in [-0.2, 0) is 9.59 Å². The Labute approximate surface area is 160 Å². The van der Waals surface area contributed by atoms with E-state index in [0.717, 1.165) is 57.9 Å². The van der Waals surface area contributed by atoms with E-state index in [0.29, 0.717) is 13.0 Å². The largest absolute Gasteiger partial charge is 0.342 e. The van der Waals surface area contributed by atoms with Crippen LogP contribution >= 0.6 is 11.8 Å². The van der Waals surface area contributed by atoms with E-state index in [9.17, 15) is 9.59 Å². The number of carbonyl (C=O) groups is 2. The number of rotatable bonds is 6. The van der Waals surface area contributed by atoms with Gasteiger partial charge in [-0.05, 0) is 31.9 Å². The van der Waals surface area contributed by atoms with Crippen LogP contribution in [0, 0.1) is 6.92 Å². The Hall–Kier alpha value is -1.53. The Morgan fingerprint density at radius 1 is 0.885 bits per heavy atom. The van der Waals surface area contributed by atoms with Crippen molar-refractivity contribution in [2.75, 3.05) is 51.6 Å². The molecule has 0 aromatic heterocycles. The molecule has 6 heteroatoms. The predicted octanol–water partition coefficient (Wildman–Crippen LogP) is 2.24. The van der Waals surface area contributed by atoms with Crippen LogP contribution in [0.25, 0.3) is 0 Å². The Kier molecular flexibility index (Phi) is 6.97. The molecule has 5 nitrogen and oxygen atoms in total. The van der Waals surface area contributed by atoms with Crippen molar-refractivity contribution in [3.63, 3.8) is 0 Å². The Bertz CT molecular complexity index is 606. The minimum atomic E-state index is 0.232. The first kappa shape index (κ1) is 19.2. The molecule has 2 heterocycles. The summed E-state index contributed by atoms with van der Waals surface area (Å²) in [5.41, 5.74) is 1.26. The molecule has 0 spiro atoms. The summed E-state index contributed by atoms with van der Waals surface area (Å²) in [6.45, 7) is 7.49. The number of nitrogens with zero attached hydrogens (tertiary/aromatic N) is 3. The molecule has 1 aromatic rings. The highest BCUT2D eigenvalue weighted by molar-refractivity contribution is 7.99. The minimum Gasteiger partial charge on any atom is -0.342 e. The Morgan fingerprint density at radius 2 is 1.50 bits per heavy atom. The minimum absolute atomic E-state index is 0.232. The van der Waals surface area contributed by atoms with Crippen LogP contribution in [0.2, 0.25) is 0 Å². The highest BCUT2D eigenvalue weighted by Gasteiger charge is 2.25. The number of amides is 2. The third-order valence-electron chi connectivity index (χ3n) is 5.15. The molecule has 0 N–H and O–H groups in total. The Balaban J connectivity index is 1.34. The van der Waals surface area contributed by atoms with E-state index in [2.05, 4.69) is 36.1 Å². The van der Waals surface area contributed by atoms with E-state index in [-0.39, 0.29) is 11.8 Å². The number of thioether (sulfide) groups is 1. The second-order valence-corrected chi connectivity index (χ2v) is 8.32. The second-order valence-electron chi connectivity index (χ2n) is 7.16. The molecule has 3 rings (SSSR count). The van der Waals surface area contributed by atoms with Gasteiger partial charge in [0, 0.05) is 56.3 Å². The SMILES string of the molecule is Cc1ccc(SCCC(=O)N2CCN(CC(=O)N3CCCC3)CC2)cc1. The van der Waals surface area contributed by atoms with Gasteiger partial charge < -0.3 is 9.80 Å². The molecule has 0 aliphatic carbocycles. The lowest BCUT2D eigenvalue weighted by atomic mass is 10.2. The molecule has 2 aliphatic heterocycles. The normalized spacial score (nSPS) is 18.3. The lowest BCUT2D eigenvalue weighted by Gasteiger charge is -2.35. The molecule has 2 saturated heterocycles. The number of likely N-dealkylation sites (tertiary alicyclic amines) is 1. The van der Waals surface area contributed by atoms with Gasteiger partial charge in [-0.2, -0.15) is 0 Å². The van der Waals surface area contributed by atoms with Crippen LogP contribution in [0.4, 0.5) is 0 Å². The molecule has 2 fully saturated rings. The van der Waals surface area contributed by atoms with Gasteiger partial charge in [-0.1, -0.05) is 17.7 Å². The van der Waals surface area contributed by atoms with Crippen molar-refractivity contribution in [3.05, 3.63) is 29.8 Å². The van der Waals surface area contributed by atoms with Gasteiger partial charge in [0.1, 0.15) is 0 Å². The first-order chi connectivity index (χ1) is 12.6. The van der Waals surface area contributed by atoms with Crippen LogP contribution in [0.5, 0.6) is 0 Å². The highest BCUT2D eigenvalue weighted by Crippen LogP contribution is 2.19. The molecule has 142 valence electrons. The molecule has 1 aromatic carbocycles. The van der Waals surface area contributed by atoms with Crippen LogP contribution in [0.3, 0.4) is 0 Å². The number of piperazine rings is 1. The summed E-state index contributed by atoms with van der Waals surface area (Å²) >= 11 is 1.74. The van der Waals surface area contributed by atoms with Crippen LogP contribution in [0.1, 0.15) is 24.8 Å². The summed E-state index contributed by atoms with van der Waals surface area (Å²) < 4.78 is 0. The molecule has 2 aliphatic rings. The average molecular weight is 376 g/mol. The number of carbonyl (C=O) groups excluding carboxylic acids is 2. The van der Waals surface area contributed by atoms with E-state index in [1.165, 1.54) is 10.5 Å². The molecule has 0 bridgehead atoms. The van der Waals surface area contributed by atoms with E-state index < -0.39 is 0 Å². The fourth-order valence-electron chi connectivity index (χ4n) is 3.46. The molecule has 0 unspecified atom stereocenters. The number of aryl methyl sites for hydroxylation is 1. The highest BCUT2D eigenvalue weighted by atomic mass is 32.2. The monoisotopic (exact) mass is 375 g/mol. The maximum atomic E-state index is 12.4. The molecule has 26 heavy (non-hydrogen) atoms. The van der Waals surface area contributed by atoms with E-state index >= 15 is 0 Å². The average Bonchev–Trinajstić information content (AvgIpc) is 3.19. The standard InChI is InChI=1S/C20H29N3O2S/c1-17-4-6-18(7-5-17)26-15-8-19(24)23-13-11-21(12-14-23)16-20(25)22-9-2-3-10-22/h4-7H,2-3,8-16H2,1H3. The summed E-state index contributed by atoms with van der Waals surface area (Å²) in [6, 6.07) is 8.43. The molecule has 2 amide bonds. The van der Waals surface area contributed by atoms with Crippen LogP contribution < -0.4 is 0 Å². The van der Waals surface area contributed by atoms with Crippen molar-refractivity contribution in [2.24, 2.45) is 0 Å². The third kappa shape index (κ3) is 5.48. The van der Waals surface area contributed by atoms with E-state index in [1.807, 2.05) is 9.80 Å². The van der Waals surface area contributed by atoms with Gasteiger partial charge in [-0.25, -0.2) is 0 Å². The fourth-order valence-corrected chi connectivity index (χ4v) is 4.30. The van der Waals surface area contributed by atoms with Gasteiger partial charge in [-0.3, -0.25) is 14.5 Å². The molecular formula is C20H29N3O2S. The fraction of sp³-hybridized carbons (Fsp3) is 0.600. The predicted molar refractivity (Wildman–Crippen MR) is 105 cm³/mol. The van der Waals surface area contributed by atoms with Gasteiger partial charge in [0.25, 0.3) is 0 Å². The molecule has 0 saturated carbocycles. The quantitative estimate of drug-likeness (QED) is 0.716. The van der Waals surface area contributed by atoms with Crippen LogP contribution in [-0.4, -0.2) is 78.1 Å². The molecular weight excluding hydrogens is 346 g/mol. The smallest absolute Gasteiger partial charge is 0.236 e. The third-order valence-corrected chi connectivity index (χ3v) is 6.16. The Morgan fingerprint density at radius 3 is 2.15 bits per heavy atom. The van der Waals surface area contributed by atoms with Crippen molar-refractivity contribution in [1.29, 1.82) is 0 Å². The van der Waals surface area contributed by atoms with Crippen molar-refractivity contribution in [2.45, 2.75) is 31.1 Å². The van der Waals surface area contributed by atoms with Crippen molar-refractivity contribution >= 4 is 23.6 Å². The van der Waals surface area contributed by atoms with Gasteiger partial charge in [0.2, 0.25) is 11.8 Å². The lowest BCUT2D eigenvalue weighted by molar-refractivity contribution is -0.134. The van der Waals surface area contributed by atoms with E-state index in [1.54, 1.807) is 11.8 Å². The topological polar surface area (TPSA) is 43.9 Å². The first-order valence-corrected chi connectivity index (χ1v) is 10.6.